The zero-order chi connectivity index (χ0) is 12.3. The number of rotatable bonds is 2. The van der Waals surface area contributed by atoms with E-state index in [1.807, 2.05) is 12.3 Å². The second-order valence-electron chi connectivity index (χ2n) is 6.06. The van der Waals surface area contributed by atoms with Gasteiger partial charge in [0.15, 0.2) is 0 Å². The van der Waals surface area contributed by atoms with Gasteiger partial charge in [-0.2, -0.15) is 0 Å². The van der Waals surface area contributed by atoms with Crippen LogP contribution in [0, 0.1) is 10.8 Å². The van der Waals surface area contributed by atoms with Crippen molar-refractivity contribution in [3.8, 4) is 0 Å². The lowest BCUT2D eigenvalue weighted by Crippen LogP contribution is -2.16. The molecule has 0 aromatic rings. The molecule has 0 aliphatic carbocycles. The van der Waals surface area contributed by atoms with Gasteiger partial charge in [-0.3, -0.25) is 4.99 Å². The van der Waals surface area contributed by atoms with Crippen molar-refractivity contribution >= 4 is 5.71 Å². The highest BCUT2D eigenvalue weighted by Crippen LogP contribution is 2.24. The molecule has 1 nitrogen and oxygen atoms in total. The quantitative estimate of drug-likeness (QED) is 0.463. The molecule has 15 heavy (non-hydrogen) atoms. The zero-order valence-corrected chi connectivity index (χ0v) is 11.3. The average molecular weight is 207 g/mol. The minimum absolute atomic E-state index is 0.127. The molecule has 86 valence electrons. The first-order chi connectivity index (χ1) is 6.55. The Bertz CT molecular complexity index is 279. The number of hydrogen-bond donors (Lipinski definition) is 0. The molecule has 0 unspecified atom stereocenters. The molecule has 0 heterocycles. The van der Waals surface area contributed by atoms with Gasteiger partial charge in [-0.25, -0.2) is 0 Å². The van der Waals surface area contributed by atoms with Crippen LogP contribution in [0.1, 0.15) is 48.5 Å². The summed E-state index contributed by atoms with van der Waals surface area (Å²) in [6.45, 7) is 19.0. The Morgan fingerprint density at radius 2 is 1.47 bits per heavy atom. The summed E-state index contributed by atoms with van der Waals surface area (Å²) in [5.74, 6) is 0. The Balaban J connectivity index is 4.53. The van der Waals surface area contributed by atoms with Gasteiger partial charge in [-0.15, -0.1) is 0 Å². The molecular weight excluding hydrogens is 182 g/mol. The lowest BCUT2D eigenvalue weighted by molar-refractivity contribution is 0.519. The molecule has 0 aliphatic heterocycles. The van der Waals surface area contributed by atoms with Gasteiger partial charge in [-0.1, -0.05) is 48.1 Å². The average Bonchev–Trinajstić information content (AvgIpc) is 2.00. The van der Waals surface area contributed by atoms with E-state index >= 15 is 0 Å². The second-order valence-corrected chi connectivity index (χ2v) is 6.06. The largest absolute Gasteiger partial charge is 0.265 e. The molecule has 0 aromatic heterocycles. The molecule has 0 saturated carbocycles. The number of hydrogen-bond acceptors (Lipinski definition) is 1. The Labute approximate surface area is 95.0 Å². The van der Waals surface area contributed by atoms with Crippen LogP contribution in [-0.2, 0) is 0 Å². The molecule has 0 radical (unpaired) electrons. The van der Waals surface area contributed by atoms with Gasteiger partial charge in [0, 0.05) is 11.9 Å². The van der Waals surface area contributed by atoms with E-state index in [1.54, 1.807) is 0 Å². The summed E-state index contributed by atoms with van der Waals surface area (Å²) in [5.41, 5.74) is 2.52. The van der Waals surface area contributed by atoms with Crippen LogP contribution >= 0.6 is 0 Å². The fourth-order valence-corrected chi connectivity index (χ4v) is 0.683. The zero-order valence-electron chi connectivity index (χ0n) is 11.3. The summed E-state index contributed by atoms with van der Waals surface area (Å²) in [6.07, 6.45) is 3.85. The van der Waals surface area contributed by atoms with Gasteiger partial charge in [0.2, 0.25) is 0 Å². The van der Waals surface area contributed by atoms with E-state index in [1.165, 1.54) is 0 Å². The number of allylic oxidation sites excluding steroid dienone is 2. The first kappa shape index (κ1) is 14.2. The normalized spacial score (nSPS) is 14.7. The van der Waals surface area contributed by atoms with E-state index in [2.05, 4.69) is 60.0 Å². The molecular formula is C14H25N. The minimum Gasteiger partial charge on any atom is -0.265 e. The molecule has 0 aliphatic rings. The van der Waals surface area contributed by atoms with Gasteiger partial charge in [0.25, 0.3) is 0 Å². The third-order valence-corrected chi connectivity index (χ3v) is 2.59. The SMILES string of the molecule is C=C(/C=C\N=C(/C)C(C)(C)C)C(C)(C)C. The summed E-state index contributed by atoms with van der Waals surface area (Å²) in [4.78, 5) is 4.42. The third-order valence-electron chi connectivity index (χ3n) is 2.59. The topological polar surface area (TPSA) is 12.4 Å². The minimum atomic E-state index is 0.127. The van der Waals surface area contributed by atoms with E-state index in [4.69, 9.17) is 0 Å². The van der Waals surface area contributed by atoms with Gasteiger partial charge in [0.05, 0.1) is 0 Å². The lowest BCUT2D eigenvalue weighted by Gasteiger charge is -2.19. The van der Waals surface area contributed by atoms with E-state index in [0.717, 1.165) is 11.3 Å². The molecule has 0 fully saturated rings. The summed E-state index contributed by atoms with van der Waals surface area (Å²) in [7, 11) is 0. The van der Waals surface area contributed by atoms with Crippen molar-refractivity contribution in [3.05, 3.63) is 24.4 Å². The first-order valence-corrected chi connectivity index (χ1v) is 5.46. The van der Waals surface area contributed by atoms with Crippen LogP contribution in [0.25, 0.3) is 0 Å². The van der Waals surface area contributed by atoms with Crippen molar-refractivity contribution in [2.45, 2.75) is 48.5 Å². The van der Waals surface area contributed by atoms with Gasteiger partial charge in [0.1, 0.15) is 0 Å². The van der Waals surface area contributed by atoms with Crippen molar-refractivity contribution in [3.63, 3.8) is 0 Å². The van der Waals surface area contributed by atoms with Crippen LogP contribution in [0.4, 0.5) is 0 Å². The lowest BCUT2D eigenvalue weighted by atomic mass is 9.88. The Morgan fingerprint density at radius 3 is 1.80 bits per heavy atom. The van der Waals surface area contributed by atoms with Gasteiger partial charge < -0.3 is 0 Å². The number of nitrogens with zero attached hydrogens (tertiary/aromatic N) is 1. The maximum absolute atomic E-state index is 4.42. The summed E-state index contributed by atoms with van der Waals surface area (Å²) < 4.78 is 0. The second kappa shape index (κ2) is 4.78. The van der Waals surface area contributed by atoms with Crippen molar-refractivity contribution < 1.29 is 0 Å². The van der Waals surface area contributed by atoms with Gasteiger partial charge >= 0.3 is 0 Å². The van der Waals surface area contributed by atoms with E-state index < -0.39 is 0 Å². The molecule has 0 rings (SSSR count). The molecule has 0 saturated heterocycles. The first-order valence-electron chi connectivity index (χ1n) is 5.46. The van der Waals surface area contributed by atoms with Gasteiger partial charge in [-0.05, 0) is 29.4 Å². The van der Waals surface area contributed by atoms with E-state index in [-0.39, 0.29) is 10.8 Å². The van der Waals surface area contributed by atoms with Crippen molar-refractivity contribution in [2.24, 2.45) is 15.8 Å². The number of aliphatic imine (C=N–C) groups is 1. The standard InChI is InChI=1S/C14H25N/c1-11(13(3,4)5)9-10-15-12(2)14(6,7)8/h9-10H,1H2,2-8H3/b10-9-,15-12+. The molecule has 1 heteroatoms. The van der Waals surface area contributed by atoms with E-state index in [9.17, 15) is 0 Å². The fraction of sp³-hybridized carbons (Fsp3) is 0.643. The third kappa shape index (κ3) is 5.56. The summed E-state index contributed by atoms with van der Waals surface area (Å²) in [6, 6.07) is 0. The molecule has 0 spiro atoms. The molecule has 0 amide bonds. The van der Waals surface area contributed by atoms with Crippen molar-refractivity contribution in [1.29, 1.82) is 0 Å². The highest BCUT2D eigenvalue weighted by atomic mass is 14.7. The highest BCUT2D eigenvalue weighted by Gasteiger charge is 2.14. The van der Waals surface area contributed by atoms with Crippen LogP contribution in [0.15, 0.2) is 29.4 Å². The summed E-state index contributed by atoms with van der Waals surface area (Å²) in [5, 5.41) is 0. The van der Waals surface area contributed by atoms with Crippen LogP contribution in [0.3, 0.4) is 0 Å². The smallest absolute Gasteiger partial charge is 0.0270 e. The van der Waals surface area contributed by atoms with E-state index in [0.29, 0.717) is 0 Å². The van der Waals surface area contributed by atoms with Crippen LogP contribution in [0.5, 0.6) is 0 Å². The Kier molecular flexibility index (Phi) is 4.51. The predicted octanol–water partition coefficient (Wildman–Crippen LogP) is 4.61. The maximum Gasteiger partial charge on any atom is 0.0270 e. The van der Waals surface area contributed by atoms with Crippen LogP contribution in [-0.4, -0.2) is 5.71 Å². The fourth-order valence-electron chi connectivity index (χ4n) is 0.683. The summed E-state index contributed by atoms with van der Waals surface area (Å²) >= 11 is 0. The predicted molar refractivity (Wildman–Crippen MR) is 70.3 cm³/mol. The van der Waals surface area contributed by atoms with Crippen LogP contribution in [0.2, 0.25) is 0 Å². The molecule has 0 N–H and O–H groups in total. The van der Waals surface area contributed by atoms with Crippen molar-refractivity contribution in [1.82, 2.24) is 0 Å². The van der Waals surface area contributed by atoms with Crippen LogP contribution < -0.4 is 0 Å². The highest BCUT2D eigenvalue weighted by molar-refractivity contribution is 5.87. The molecule has 0 aromatic carbocycles. The maximum atomic E-state index is 4.42. The Hall–Kier alpha value is -0.850. The van der Waals surface area contributed by atoms with Crippen molar-refractivity contribution in [2.75, 3.05) is 0 Å². The Morgan fingerprint density at radius 1 is 1.00 bits per heavy atom. The molecule has 0 atom stereocenters. The molecule has 0 bridgehead atoms. The monoisotopic (exact) mass is 207 g/mol.